The fourth-order valence-corrected chi connectivity index (χ4v) is 2.16. The van der Waals surface area contributed by atoms with E-state index < -0.39 is 11.0 Å². The van der Waals surface area contributed by atoms with Crippen LogP contribution in [0, 0.1) is 0 Å². The Hall–Kier alpha value is 0.110. The predicted molar refractivity (Wildman–Crippen MR) is 55.4 cm³/mol. The third-order valence-electron chi connectivity index (χ3n) is 1.94. The Labute approximate surface area is 78.7 Å². The van der Waals surface area contributed by atoms with Crippen molar-refractivity contribution in [2.45, 2.75) is 52.0 Å². The molecule has 12 heavy (non-hydrogen) atoms. The summed E-state index contributed by atoms with van der Waals surface area (Å²) in [6, 6.07) is 0.527. The summed E-state index contributed by atoms with van der Waals surface area (Å²) in [7, 11) is -0.813. The van der Waals surface area contributed by atoms with E-state index in [0.29, 0.717) is 6.04 Å². The highest BCUT2D eigenvalue weighted by Gasteiger charge is 2.12. The van der Waals surface area contributed by atoms with Gasteiger partial charge in [0.1, 0.15) is 0 Å². The van der Waals surface area contributed by atoms with Crippen LogP contribution in [0.25, 0.3) is 0 Å². The Morgan fingerprint density at radius 1 is 1.17 bits per heavy atom. The second-order valence-electron chi connectivity index (χ2n) is 2.91. The van der Waals surface area contributed by atoms with Gasteiger partial charge < -0.3 is 0 Å². The zero-order valence-corrected chi connectivity index (χ0v) is 9.25. The van der Waals surface area contributed by atoms with Gasteiger partial charge >= 0.3 is 0 Å². The topological polar surface area (TPSA) is 29.1 Å². The van der Waals surface area contributed by atoms with E-state index in [1.54, 1.807) is 6.26 Å². The molecule has 1 fully saturated rings. The third-order valence-corrected chi connectivity index (χ3v) is 2.60. The third kappa shape index (κ3) is 5.72. The van der Waals surface area contributed by atoms with Crippen LogP contribution in [0.15, 0.2) is 0 Å². The number of nitrogens with one attached hydrogen (secondary N) is 1. The maximum atomic E-state index is 10.7. The van der Waals surface area contributed by atoms with E-state index in [1.165, 1.54) is 32.1 Å². The fourth-order valence-electron chi connectivity index (χ4n) is 1.46. The second kappa shape index (κ2) is 7.74. The van der Waals surface area contributed by atoms with Crippen LogP contribution in [0.3, 0.4) is 0 Å². The number of hydrogen-bond donors (Lipinski definition) is 1. The highest BCUT2D eigenvalue weighted by atomic mass is 32.2. The Morgan fingerprint density at radius 2 is 1.67 bits per heavy atom. The van der Waals surface area contributed by atoms with E-state index in [2.05, 4.69) is 4.72 Å². The van der Waals surface area contributed by atoms with Gasteiger partial charge in [-0.1, -0.05) is 33.1 Å². The molecule has 74 valence electrons. The molecule has 0 spiro atoms. The summed E-state index contributed by atoms with van der Waals surface area (Å²) in [6.45, 7) is 4.00. The molecule has 0 aromatic carbocycles. The van der Waals surface area contributed by atoms with Crippen LogP contribution in [0.2, 0.25) is 0 Å². The van der Waals surface area contributed by atoms with Gasteiger partial charge in [-0.05, 0) is 12.8 Å². The Bertz CT molecular complexity index is 122. The predicted octanol–water partition coefficient (Wildman–Crippen LogP) is 2.23. The standard InChI is InChI=1S/C7H15NOS.C2H6/c1-10(9)8-7-5-3-2-4-6-7;1-2/h7-8H,2-6H2,1H3;1-2H3. The van der Waals surface area contributed by atoms with Crippen molar-refractivity contribution in [3.63, 3.8) is 0 Å². The minimum atomic E-state index is -0.813. The minimum absolute atomic E-state index is 0.527. The number of rotatable bonds is 2. The first-order chi connectivity index (χ1) is 5.79. The van der Waals surface area contributed by atoms with Crippen molar-refractivity contribution in [2.75, 3.05) is 6.26 Å². The van der Waals surface area contributed by atoms with Crippen molar-refractivity contribution in [3.8, 4) is 0 Å². The van der Waals surface area contributed by atoms with Crippen molar-refractivity contribution in [2.24, 2.45) is 0 Å². The molecule has 1 saturated carbocycles. The van der Waals surface area contributed by atoms with E-state index in [4.69, 9.17) is 0 Å². The van der Waals surface area contributed by atoms with Gasteiger partial charge in [-0.25, -0.2) is 8.93 Å². The van der Waals surface area contributed by atoms with E-state index in [0.717, 1.165) is 0 Å². The van der Waals surface area contributed by atoms with E-state index >= 15 is 0 Å². The lowest BCUT2D eigenvalue weighted by molar-refractivity contribution is 0.419. The first-order valence-electron chi connectivity index (χ1n) is 4.88. The molecule has 0 heterocycles. The summed E-state index contributed by atoms with van der Waals surface area (Å²) in [4.78, 5) is 0. The molecule has 2 nitrogen and oxygen atoms in total. The van der Waals surface area contributed by atoms with Crippen molar-refractivity contribution < 1.29 is 4.21 Å². The van der Waals surface area contributed by atoms with Crippen LogP contribution >= 0.6 is 0 Å². The maximum Gasteiger partial charge on any atom is 0.0886 e. The van der Waals surface area contributed by atoms with Crippen molar-refractivity contribution in [3.05, 3.63) is 0 Å². The van der Waals surface area contributed by atoms with E-state index in [9.17, 15) is 4.21 Å². The molecule has 1 atom stereocenters. The lowest BCUT2D eigenvalue weighted by Gasteiger charge is -2.20. The molecule has 0 saturated heterocycles. The van der Waals surface area contributed by atoms with Crippen LogP contribution in [0.5, 0.6) is 0 Å². The highest BCUT2D eigenvalue weighted by molar-refractivity contribution is 7.82. The van der Waals surface area contributed by atoms with Crippen LogP contribution in [0.4, 0.5) is 0 Å². The van der Waals surface area contributed by atoms with Gasteiger partial charge in [0.05, 0.1) is 11.0 Å². The SMILES string of the molecule is CC.CS(=O)NC1CCCCC1. The van der Waals surface area contributed by atoms with Crippen LogP contribution < -0.4 is 4.72 Å². The number of hydrogen-bond acceptors (Lipinski definition) is 1. The first-order valence-corrected chi connectivity index (χ1v) is 6.44. The largest absolute Gasteiger partial charge is 0.243 e. The molecule has 0 aromatic rings. The molecule has 3 heteroatoms. The molecule has 0 aliphatic heterocycles. The normalized spacial score (nSPS) is 20.9. The average molecular weight is 191 g/mol. The van der Waals surface area contributed by atoms with Crippen LogP contribution in [-0.4, -0.2) is 16.5 Å². The molecule has 1 unspecified atom stereocenters. The first kappa shape index (κ1) is 12.1. The monoisotopic (exact) mass is 191 g/mol. The molecular formula is C9H21NOS. The van der Waals surface area contributed by atoms with Crippen molar-refractivity contribution in [1.29, 1.82) is 0 Å². The summed E-state index contributed by atoms with van der Waals surface area (Å²) in [5.41, 5.74) is 0. The molecule has 1 rings (SSSR count). The molecule has 1 N–H and O–H groups in total. The van der Waals surface area contributed by atoms with Gasteiger partial charge in [-0.15, -0.1) is 0 Å². The Balaban J connectivity index is 0.000000561. The van der Waals surface area contributed by atoms with Crippen LogP contribution in [-0.2, 0) is 11.0 Å². The quantitative estimate of drug-likeness (QED) is 0.712. The van der Waals surface area contributed by atoms with Gasteiger partial charge in [0.15, 0.2) is 0 Å². The molecule has 0 aromatic heterocycles. The fraction of sp³-hybridized carbons (Fsp3) is 1.00. The van der Waals surface area contributed by atoms with Gasteiger partial charge in [0, 0.05) is 12.3 Å². The van der Waals surface area contributed by atoms with E-state index in [1.807, 2.05) is 13.8 Å². The molecule has 0 amide bonds. The van der Waals surface area contributed by atoms with Crippen LogP contribution in [0.1, 0.15) is 46.0 Å². The van der Waals surface area contributed by atoms with Gasteiger partial charge in [0.25, 0.3) is 0 Å². The summed E-state index contributed by atoms with van der Waals surface area (Å²) in [5.74, 6) is 0. The molecule has 0 bridgehead atoms. The second-order valence-corrected chi connectivity index (χ2v) is 4.05. The minimum Gasteiger partial charge on any atom is -0.243 e. The average Bonchev–Trinajstić information content (AvgIpc) is 2.08. The molecule has 0 radical (unpaired) electrons. The highest BCUT2D eigenvalue weighted by Crippen LogP contribution is 2.17. The zero-order valence-electron chi connectivity index (χ0n) is 8.43. The van der Waals surface area contributed by atoms with Gasteiger partial charge in [0.2, 0.25) is 0 Å². The summed E-state index contributed by atoms with van der Waals surface area (Å²) < 4.78 is 13.8. The van der Waals surface area contributed by atoms with Crippen molar-refractivity contribution >= 4 is 11.0 Å². The summed E-state index contributed by atoms with van der Waals surface area (Å²) in [6.07, 6.45) is 8.08. The lowest BCUT2D eigenvalue weighted by Crippen LogP contribution is -2.31. The Morgan fingerprint density at radius 3 is 2.08 bits per heavy atom. The van der Waals surface area contributed by atoms with Gasteiger partial charge in [-0.3, -0.25) is 0 Å². The van der Waals surface area contributed by atoms with E-state index in [-0.39, 0.29) is 0 Å². The van der Waals surface area contributed by atoms with Crippen molar-refractivity contribution in [1.82, 2.24) is 4.72 Å². The molecule has 1 aliphatic rings. The lowest BCUT2D eigenvalue weighted by atomic mass is 9.96. The summed E-state index contributed by atoms with van der Waals surface area (Å²) >= 11 is 0. The zero-order chi connectivity index (χ0) is 9.40. The Kier molecular flexibility index (Phi) is 7.81. The van der Waals surface area contributed by atoms with Gasteiger partial charge in [-0.2, -0.15) is 0 Å². The molecule has 1 aliphatic carbocycles. The summed E-state index contributed by atoms with van der Waals surface area (Å²) in [5, 5.41) is 0. The molecular weight excluding hydrogens is 170 g/mol. The smallest absolute Gasteiger partial charge is 0.0886 e. The maximum absolute atomic E-state index is 10.7.